The van der Waals surface area contributed by atoms with Crippen molar-refractivity contribution in [1.29, 1.82) is 0 Å². The Morgan fingerprint density at radius 3 is 2.50 bits per heavy atom. The largest absolute Gasteiger partial charge is 0.504 e. The highest BCUT2D eigenvalue weighted by molar-refractivity contribution is 5.94. The number of rotatable bonds is 2. The van der Waals surface area contributed by atoms with Gasteiger partial charge in [-0.25, -0.2) is 0 Å². The fourth-order valence-corrected chi connectivity index (χ4v) is 2.38. The molecule has 1 fully saturated rings. The van der Waals surface area contributed by atoms with Crippen LogP contribution in [0.5, 0.6) is 11.5 Å². The summed E-state index contributed by atoms with van der Waals surface area (Å²) >= 11 is 0. The van der Waals surface area contributed by atoms with Gasteiger partial charge in [0.15, 0.2) is 11.5 Å². The summed E-state index contributed by atoms with van der Waals surface area (Å²) in [7, 11) is 0. The summed E-state index contributed by atoms with van der Waals surface area (Å²) < 4.78 is 0. The number of phenolic OH excluding ortho intramolecular Hbond substituents is 2. The van der Waals surface area contributed by atoms with Crippen molar-refractivity contribution >= 4 is 5.91 Å². The molecule has 0 unspecified atom stereocenters. The van der Waals surface area contributed by atoms with E-state index >= 15 is 0 Å². The quantitative estimate of drug-likeness (QED) is 0.791. The number of amides is 1. The van der Waals surface area contributed by atoms with Gasteiger partial charge < -0.3 is 15.1 Å². The molecule has 1 amide bonds. The van der Waals surface area contributed by atoms with Crippen molar-refractivity contribution in [3.63, 3.8) is 0 Å². The molecule has 2 rings (SSSR count). The number of likely N-dealkylation sites (tertiary alicyclic amines) is 1. The SMILES string of the molecule is CCC1CCN(C(=O)c2ccc(O)c(O)c2)CC1. The van der Waals surface area contributed by atoms with E-state index in [-0.39, 0.29) is 17.4 Å². The third-order valence-corrected chi connectivity index (χ3v) is 3.70. The first-order chi connectivity index (χ1) is 8.61. The number of benzene rings is 1. The lowest BCUT2D eigenvalue weighted by molar-refractivity contribution is 0.0688. The molecule has 4 heteroatoms. The van der Waals surface area contributed by atoms with Gasteiger partial charge in [-0.3, -0.25) is 4.79 Å². The summed E-state index contributed by atoms with van der Waals surface area (Å²) in [6, 6.07) is 4.22. The molecule has 0 bridgehead atoms. The molecular weight excluding hydrogens is 230 g/mol. The molecule has 0 aliphatic carbocycles. The van der Waals surface area contributed by atoms with Crippen molar-refractivity contribution in [1.82, 2.24) is 4.90 Å². The maximum Gasteiger partial charge on any atom is 0.253 e. The molecule has 1 aliphatic rings. The highest BCUT2D eigenvalue weighted by atomic mass is 16.3. The van der Waals surface area contributed by atoms with Crippen molar-refractivity contribution in [2.75, 3.05) is 13.1 Å². The van der Waals surface area contributed by atoms with E-state index in [9.17, 15) is 15.0 Å². The number of phenols is 2. The molecule has 0 aromatic heterocycles. The maximum absolute atomic E-state index is 12.2. The van der Waals surface area contributed by atoms with Crippen molar-refractivity contribution < 1.29 is 15.0 Å². The lowest BCUT2D eigenvalue weighted by Crippen LogP contribution is -2.38. The first-order valence-corrected chi connectivity index (χ1v) is 6.43. The predicted octanol–water partition coefficient (Wildman–Crippen LogP) is 2.36. The zero-order valence-corrected chi connectivity index (χ0v) is 10.6. The fourth-order valence-electron chi connectivity index (χ4n) is 2.38. The molecule has 0 saturated carbocycles. The van der Waals surface area contributed by atoms with Gasteiger partial charge in [0.2, 0.25) is 0 Å². The van der Waals surface area contributed by atoms with Crippen LogP contribution in [0.3, 0.4) is 0 Å². The van der Waals surface area contributed by atoms with Gasteiger partial charge in [0.1, 0.15) is 0 Å². The van der Waals surface area contributed by atoms with E-state index in [0.29, 0.717) is 5.56 Å². The predicted molar refractivity (Wildman–Crippen MR) is 68.7 cm³/mol. The second-order valence-electron chi connectivity index (χ2n) is 4.85. The Morgan fingerprint density at radius 2 is 1.94 bits per heavy atom. The first kappa shape index (κ1) is 12.7. The summed E-state index contributed by atoms with van der Waals surface area (Å²) in [5.41, 5.74) is 0.431. The molecule has 0 spiro atoms. The minimum Gasteiger partial charge on any atom is -0.504 e. The topological polar surface area (TPSA) is 60.8 Å². The molecule has 1 aromatic rings. The van der Waals surface area contributed by atoms with Crippen LogP contribution in [0.4, 0.5) is 0 Å². The number of hydrogen-bond acceptors (Lipinski definition) is 3. The summed E-state index contributed by atoms with van der Waals surface area (Å²) in [5.74, 6) is 0.211. The molecule has 1 aliphatic heterocycles. The molecule has 0 radical (unpaired) electrons. The Hall–Kier alpha value is -1.71. The van der Waals surface area contributed by atoms with Crippen LogP contribution in [0.25, 0.3) is 0 Å². The van der Waals surface area contributed by atoms with E-state index in [1.165, 1.54) is 18.6 Å². The Morgan fingerprint density at radius 1 is 1.28 bits per heavy atom. The minimum absolute atomic E-state index is 0.0696. The highest BCUT2D eigenvalue weighted by Gasteiger charge is 2.23. The van der Waals surface area contributed by atoms with Crippen LogP contribution in [-0.2, 0) is 0 Å². The van der Waals surface area contributed by atoms with Crippen LogP contribution >= 0.6 is 0 Å². The molecule has 2 N–H and O–H groups in total. The van der Waals surface area contributed by atoms with Gasteiger partial charge in [0, 0.05) is 18.7 Å². The second-order valence-corrected chi connectivity index (χ2v) is 4.85. The molecular formula is C14H19NO3. The van der Waals surface area contributed by atoms with Crippen LogP contribution < -0.4 is 0 Å². The van der Waals surface area contributed by atoms with Crippen LogP contribution in [0.15, 0.2) is 18.2 Å². The first-order valence-electron chi connectivity index (χ1n) is 6.43. The molecule has 1 saturated heterocycles. The lowest BCUT2D eigenvalue weighted by Gasteiger charge is -2.31. The van der Waals surface area contributed by atoms with Crippen molar-refractivity contribution in [2.45, 2.75) is 26.2 Å². The van der Waals surface area contributed by atoms with Gasteiger partial charge in [0.05, 0.1) is 0 Å². The van der Waals surface area contributed by atoms with Crippen molar-refractivity contribution in [3.8, 4) is 11.5 Å². The van der Waals surface area contributed by atoms with E-state index in [1.807, 2.05) is 4.90 Å². The lowest BCUT2D eigenvalue weighted by atomic mass is 9.94. The van der Waals surface area contributed by atoms with Crippen molar-refractivity contribution in [2.24, 2.45) is 5.92 Å². The number of hydrogen-bond donors (Lipinski definition) is 2. The zero-order chi connectivity index (χ0) is 13.1. The third kappa shape index (κ3) is 2.58. The molecule has 1 heterocycles. The van der Waals surface area contributed by atoms with Gasteiger partial charge in [-0.15, -0.1) is 0 Å². The van der Waals surface area contributed by atoms with Gasteiger partial charge in [-0.2, -0.15) is 0 Å². The average Bonchev–Trinajstić information content (AvgIpc) is 2.41. The highest BCUT2D eigenvalue weighted by Crippen LogP contribution is 2.27. The summed E-state index contributed by atoms with van der Waals surface area (Å²) in [5, 5.41) is 18.6. The maximum atomic E-state index is 12.2. The van der Waals surface area contributed by atoms with Crippen LogP contribution in [-0.4, -0.2) is 34.1 Å². The van der Waals surface area contributed by atoms with Crippen LogP contribution in [0.1, 0.15) is 36.5 Å². The third-order valence-electron chi connectivity index (χ3n) is 3.70. The van der Waals surface area contributed by atoms with Crippen LogP contribution in [0.2, 0.25) is 0 Å². The summed E-state index contributed by atoms with van der Waals surface area (Å²) in [4.78, 5) is 14.0. The Balaban J connectivity index is 2.05. The Kier molecular flexibility index (Phi) is 3.75. The minimum atomic E-state index is -0.246. The van der Waals surface area contributed by atoms with E-state index in [0.717, 1.165) is 31.8 Å². The number of carbonyl (C=O) groups is 1. The molecule has 18 heavy (non-hydrogen) atoms. The van der Waals surface area contributed by atoms with Crippen molar-refractivity contribution in [3.05, 3.63) is 23.8 Å². The fraction of sp³-hybridized carbons (Fsp3) is 0.500. The van der Waals surface area contributed by atoms with Gasteiger partial charge in [-0.1, -0.05) is 13.3 Å². The number of nitrogens with zero attached hydrogens (tertiary/aromatic N) is 1. The second kappa shape index (κ2) is 5.29. The monoisotopic (exact) mass is 249 g/mol. The summed E-state index contributed by atoms with van der Waals surface area (Å²) in [6.45, 7) is 3.73. The molecule has 4 nitrogen and oxygen atoms in total. The van der Waals surface area contributed by atoms with Gasteiger partial charge in [-0.05, 0) is 37.0 Å². The molecule has 98 valence electrons. The average molecular weight is 249 g/mol. The van der Waals surface area contributed by atoms with E-state index < -0.39 is 0 Å². The number of aromatic hydroxyl groups is 2. The van der Waals surface area contributed by atoms with E-state index in [4.69, 9.17) is 0 Å². The standard InChI is InChI=1S/C14H19NO3/c1-2-10-5-7-15(8-6-10)14(18)11-3-4-12(16)13(17)9-11/h3-4,9-10,16-17H,2,5-8H2,1H3. The zero-order valence-electron chi connectivity index (χ0n) is 10.6. The smallest absolute Gasteiger partial charge is 0.253 e. The van der Waals surface area contributed by atoms with Gasteiger partial charge >= 0.3 is 0 Å². The normalized spacial score (nSPS) is 16.8. The van der Waals surface area contributed by atoms with E-state index in [2.05, 4.69) is 6.92 Å². The summed E-state index contributed by atoms with van der Waals surface area (Å²) in [6.07, 6.45) is 3.26. The van der Waals surface area contributed by atoms with Crippen LogP contribution in [0, 0.1) is 5.92 Å². The Labute approximate surface area is 107 Å². The molecule has 1 aromatic carbocycles. The van der Waals surface area contributed by atoms with Gasteiger partial charge in [0.25, 0.3) is 5.91 Å². The number of piperidine rings is 1. The molecule has 0 atom stereocenters. The Bertz CT molecular complexity index is 437. The van der Waals surface area contributed by atoms with E-state index in [1.54, 1.807) is 6.07 Å². The number of carbonyl (C=O) groups excluding carboxylic acids is 1.